The highest BCUT2D eigenvalue weighted by Gasteiger charge is 2.23. The van der Waals surface area contributed by atoms with Gasteiger partial charge in [0.2, 0.25) is 0 Å². The lowest BCUT2D eigenvalue weighted by atomic mass is 9.59. The van der Waals surface area contributed by atoms with Crippen LogP contribution in [0.4, 0.5) is 0 Å². The number of hydrogen-bond acceptors (Lipinski definition) is 7. The molecule has 9 aromatic carbocycles. The van der Waals surface area contributed by atoms with Gasteiger partial charge in [-0.1, -0.05) is 120 Å². The molecule has 5 heterocycles. The molecule has 10 radical (unpaired) electrons. The SMILES string of the molecule is [B]c1c([B])c([B])c(-c2cccc3c2oc2cccc(-c4ccc5oc6cccc(-c7nc(-c8ccc9c(c8)sc8ccccc89)nc(-c8ccc9c(c8)sc8ccccc89)n7)c6c5c4)c23)c([B])c1[B]. The molecule has 12 heteroatoms. The number of nitrogens with zero attached hydrogens (tertiary/aromatic N) is 3. The average molecular weight is 903 g/mol. The third-order valence-electron chi connectivity index (χ3n) is 13.4. The van der Waals surface area contributed by atoms with Gasteiger partial charge in [0, 0.05) is 84.1 Å². The summed E-state index contributed by atoms with van der Waals surface area (Å²) in [5.41, 5.74) is 9.45. The maximum atomic E-state index is 6.65. The summed E-state index contributed by atoms with van der Waals surface area (Å²) in [5.74, 6) is 1.71. The molecule has 0 bridgehead atoms. The van der Waals surface area contributed by atoms with Crippen molar-refractivity contribution in [1.82, 2.24) is 15.0 Å². The molecule has 0 atom stereocenters. The van der Waals surface area contributed by atoms with Crippen LogP contribution in [0.1, 0.15) is 0 Å². The van der Waals surface area contributed by atoms with E-state index in [2.05, 4.69) is 109 Å². The Labute approximate surface area is 408 Å². The Morgan fingerprint density at radius 1 is 0.333 bits per heavy atom. The lowest BCUT2D eigenvalue weighted by Gasteiger charge is -2.21. The summed E-state index contributed by atoms with van der Waals surface area (Å²) in [4.78, 5) is 15.8. The van der Waals surface area contributed by atoms with Gasteiger partial charge in [0.05, 0.1) is 0 Å². The van der Waals surface area contributed by atoms with Crippen LogP contribution in [0.15, 0.2) is 167 Å². The molecular weight excluding hydrogens is 877 g/mol. The molecule has 0 unspecified atom stereocenters. The van der Waals surface area contributed by atoms with Gasteiger partial charge >= 0.3 is 0 Å². The minimum atomic E-state index is 0.157. The molecule has 308 valence electrons. The zero-order chi connectivity index (χ0) is 46.2. The number of fused-ring (bicyclic) bond motifs is 12. The number of hydrogen-bond donors (Lipinski definition) is 0. The predicted octanol–water partition coefficient (Wildman–Crippen LogP) is 10.7. The van der Waals surface area contributed by atoms with E-state index in [0.29, 0.717) is 39.8 Å². The third kappa shape index (κ3) is 6.11. The Hall–Kier alpha value is -7.65. The fourth-order valence-corrected chi connectivity index (χ4v) is 12.4. The third-order valence-corrected chi connectivity index (χ3v) is 15.7. The van der Waals surface area contributed by atoms with E-state index in [1.165, 1.54) is 40.3 Å². The molecule has 0 fully saturated rings. The largest absolute Gasteiger partial charge is 0.456 e. The zero-order valence-corrected chi connectivity index (χ0v) is 38.0. The summed E-state index contributed by atoms with van der Waals surface area (Å²) < 4.78 is 18.1. The average Bonchev–Trinajstić information content (AvgIpc) is 4.17. The Morgan fingerprint density at radius 2 is 0.826 bits per heavy atom. The van der Waals surface area contributed by atoms with Crippen LogP contribution in [0.2, 0.25) is 0 Å². The second-order valence-corrected chi connectivity index (χ2v) is 19.5. The van der Waals surface area contributed by atoms with Gasteiger partial charge < -0.3 is 8.83 Å². The summed E-state index contributed by atoms with van der Waals surface area (Å²) in [6.45, 7) is 0. The molecule has 5 nitrogen and oxygen atoms in total. The Morgan fingerprint density at radius 3 is 1.48 bits per heavy atom. The standard InChI is InChI=1S/C57H26B5N3O2S2/c58-49-48(50(59)52(61)53(62)51(49)60)36-12-5-11-35-46-30(10-6-15-41(46)67-54(35)36)27-20-23-39-38(24-27)47-37(13-7-14-40(47)66-39)57-64-55(28-18-21-33-31-8-1-3-16-42(31)68-44(33)25-28)63-56(65-57)29-19-22-34-32-9-2-4-17-43(32)69-45(34)26-29/h1-26H. The number of rotatable bonds is 5. The topological polar surface area (TPSA) is 65.0 Å². The summed E-state index contributed by atoms with van der Waals surface area (Å²) in [7, 11) is 32.0. The highest BCUT2D eigenvalue weighted by atomic mass is 32.1. The van der Waals surface area contributed by atoms with Crippen LogP contribution >= 0.6 is 22.7 Å². The van der Waals surface area contributed by atoms with Gasteiger partial charge in [0.1, 0.15) is 61.6 Å². The van der Waals surface area contributed by atoms with E-state index in [-0.39, 0.29) is 27.3 Å². The summed E-state index contributed by atoms with van der Waals surface area (Å²) in [6.07, 6.45) is 0. The van der Waals surface area contributed by atoms with E-state index in [1.54, 1.807) is 22.7 Å². The first-order chi connectivity index (χ1) is 33.8. The van der Waals surface area contributed by atoms with Crippen molar-refractivity contribution in [2.24, 2.45) is 0 Å². The second kappa shape index (κ2) is 15.2. The van der Waals surface area contributed by atoms with Crippen LogP contribution in [-0.2, 0) is 0 Å². The smallest absolute Gasteiger partial charge is 0.164 e. The number of benzene rings is 9. The van der Waals surface area contributed by atoms with Crippen molar-refractivity contribution in [1.29, 1.82) is 0 Å². The highest BCUT2D eigenvalue weighted by Crippen LogP contribution is 2.44. The first-order valence-corrected chi connectivity index (χ1v) is 23.9. The van der Waals surface area contributed by atoms with E-state index in [9.17, 15) is 0 Å². The van der Waals surface area contributed by atoms with Gasteiger partial charge in [0.15, 0.2) is 17.5 Å². The lowest BCUT2D eigenvalue weighted by Crippen LogP contribution is -2.55. The van der Waals surface area contributed by atoms with Crippen molar-refractivity contribution in [3.63, 3.8) is 0 Å². The van der Waals surface area contributed by atoms with Gasteiger partial charge in [-0.2, -0.15) is 0 Å². The molecule has 0 saturated carbocycles. The quantitative estimate of drug-likeness (QED) is 0.161. The van der Waals surface area contributed by atoms with Gasteiger partial charge in [0.25, 0.3) is 0 Å². The van der Waals surface area contributed by atoms with Gasteiger partial charge in [-0.25, -0.2) is 15.0 Å². The van der Waals surface area contributed by atoms with Gasteiger partial charge in [-0.3, -0.25) is 0 Å². The Bertz CT molecular complexity index is 4370. The van der Waals surface area contributed by atoms with Crippen LogP contribution in [-0.4, -0.2) is 54.2 Å². The van der Waals surface area contributed by atoms with E-state index in [0.717, 1.165) is 60.5 Å². The Balaban J connectivity index is 0.961. The molecule has 0 aliphatic rings. The molecule has 5 aromatic heterocycles. The van der Waals surface area contributed by atoms with Crippen LogP contribution in [0.25, 0.3) is 141 Å². The number of aromatic nitrogens is 3. The molecule has 14 rings (SSSR count). The first kappa shape index (κ1) is 40.4. The van der Waals surface area contributed by atoms with Crippen LogP contribution in [0, 0.1) is 0 Å². The lowest BCUT2D eigenvalue weighted by molar-refractivity contribution is 0.669. The fourth-order valence-electron chi connectivity index (χ4n) is 10.1. The van der Waals surface area contributed by atoms with E-state index < -0.39 is 0 Å². The minimum Gasteiger partial charge on any atom is -0.456 e. The van der Waals surface area contributed by atoms with Crippen molar-refractivity contribution < 1.29 is 8.83 Å². The summed E-state index contributed by atoms with van der Waals surface area (Å²) >= 11 is 3.54. The summed E-state index contributed by atoms with van der Waals surface area (Å²) in [5, 5.41) is 8.50. The first-order valence-electron chi connectivity index (χ1n) is 22.3. The van der Waals surface area contributed by atoms with E-state index >= 15 is 0 Å². The molecule has 0 amide bonds. The normalized spacial score (nSPS) is 12.1. The van der Waals surface area contributed by atoms with E-state index in [1.807, 2.05) is 48.5 Å². The minimum absolute atomic E-state index is 0.157. The molecule has 69 heavy (non-hydrogen) atoms. The van der Waals surface area contributed by atoms with Crippen LogP contribution < -0.4 is 27.3 Å². The maximum absolute atomic E-state index is 6.65. The molecule has 0 spiro atoms. The molecule has 0 N–H and O–H groups in total. The van der Waals surface area contributed by atoms with Crippen LogP contribution in [0.5, 0.6) is 0 Å². The number of furan rings is 2. The number of para-hydroxylation sites is 1. The fraction of sp³-hybridized carbons (Fsp3) is 0. The Kier molecular flexibility index (Phi) is 8.89. The van der Waals surface area contributed by atoms with Crippen LogP contribution in [0.3, 0.4) is 0 Å². The molecule has 0 aliphatic carbocycles. The summed E-state index contributed by atoms with van der Waals surface area (Å²) in [6, 6.07) is 54.3. The molecule has 0 aliphatic heterocycles. The molecular formula is C57H26B5N3O2S2. The van der Waals surface area contributed by atoms with Gasteiger partial charge in [-0.05, 0) is 65.2 Å². The molecule has 14 aromatic rings. The van der Waals surface area contributed by atoms with Crippen molar-refractivity contribution in [2.75, 3.05) is 0 Å². The monoisotopic (exact) mass is 903 g/mol. The maximum Gasteiger partial charge on any atom is 0.164 e. The molecule has 0 saturated heterocycles. The van der Waals surface area contributed by atoms with E-state index in [4.69, 9.17) is 63.0 Å². The highest BCUT2D eigenvalue weighted by molar-refractivity contribution is 7.26. The predicted molar refractivity (Wildman–Crippen MR) is 294 cm³/mol. The second-order valence-electron chi connectivity index (χ2n) is 17.3. The number of thiophene rings is 2. The van der Waals surface area contributed by atoms with Crippen molar-refractivity contribution >= 4 is 173 Å². The van der Waals surface area contributed by atoms with Crippen molar-refractivity contribution in [3.8, 4) is 56.4 Å². The zero-order valence-electron chi connectivity index (χ0n) is 36.4. The van der Waals surface area contributed by atoms with Crippen molar-refractivity contribution in [2.45, 2.75) is 0 Å². The van der Waals surface area contributed by atoms with Crippen molar-refractivity contribution in [3.05, 3.63) is 158 Å². The van der Waals surface area contributed by atoms with Gasteiger partial charge in [-0.15, -0.1) is 39.1 Å².